The predicted octanol–water partition coefficient (Wildman–Crippen LogP) is 3.60. The highest BCUT2D eigenvalue weighted by molar-refractivity contribution is 14.1. The highest BCUT2D eigenvalue weighted by Crippen LogP contribution is 2.32. The van der Waals surface area contributed by atoms with Crippen molar-refractivity contribution in [2.24, 2.45) is 17.8 Å². The molecule has 0 fully saturated rings. The first-order chi connectivity index (χ1) is 19.3. The first-order valence-electron chi connectivity index (χ1n) is 13.7. The molecular formula is C28H43IN4O8S. The molecular weight excluding hydrogens is 679 g/mol. The number of nitrogens with one attached hydrogen (secondary N) is 3. The zero-order valence-electron chi connectivity index (χ0n) is 25.1. The van der Waals surface area contributed by atoms with Gasteiger partial charge >= 0.3 is 5.69 Å². The summed E-state index contributed by atoms with van der Waals surface area (Å²) in [7, 11) is -3.41. The van der Waals surface area contributed by atoms with E-state index in [0.29, 0.717) is 18.4 Å². The standard InChI is InChI=1S/C28H43IN4O8S/c1-16(2)10-20(8-9-42(7,40)41)30-27(36)23(12-18(5)6)32-28(37)22(11-17(3)4)31-25(34)15-19-13-21(29)26(35)24(14-19)33(38)39/h8-9,13-14,16-18,20,22-23,35H,10-12,15H2,1-7H3,(H,30,36)(H,31,34)(H,32,37)/b9-8-/t20-,22+,23+/m1/s1. The number of nitro benzene ring substituents is 1. The van der Waals surface area contributed by atoms with Gasteiger partial charge in [-0.05, 0) is 71.2 Å². The monoisotopic (exact) mass is 722 g/mol. The topological polar surface area (TPSA) is 185 Å². The third kappa shape index (κ3) is 13.9. The molecule has 236 valence electrons. The zero-order valence-corrected chi connectivity index (χ0v) is 28.1. The highest BCUT2D eigenvalue weighted by Gasteiger charge is 2.29. The number of phenols is 1. The van der Waals surface area contributed by atoms with Crippen LogP contribution in [0.15, 0.2) is 23.6 Å². The minimum Gasteiger partial charge on any atom is -0.501 e. The number of aromatic hydroxyl groups is 1. The van der Waals surface area contributed by atoms with Crippen molar-refractivity contribution in [1.29, 1.82) is 0 Å². The van der Waals surface area contributed by atoms with Crippen LogP contribution in [0.5, 0.6) is 5.75 Å². The Morgan fingerprint density at radius 3 is 1.90 bits per heavy atom. The average Bonchev–Trinajstić information content (AvgIpc) is 2.82. The van der Waals surface area contributed by atoms with Crippen molar-refractivity contribution in [3.8, 4) is 5.75 Å². The van der Waals surface area contributed by atoms with Crippen molar-refractivity contribution >= 4 is 55.8 Å². The van der Waals surface area contributed by atoms with E-state index in [1.807, 2.05) is 41.5 Å². The largest absolute Gasteiger partial charge is 0.501 e. The van der Waals surface area contributed by atoms with Gasteiger partial charge < -0.3 is 21.1 Å². The molecule has 0 saturated heterocycles. The molecule has 1 aromatic rings. The number of halogens is 1. The van der Waals surface area contributed by atoms with E-state index in [-0.39, 0.29) is 34.2 Å². The number of hydrogen-bond acceptors (Lipinski definition) is 8. The number of phenolic OH excluding ortho intramolecular Hbond substituents is 1. The van der Waals surface area contributed by atoms with Crippen LogP contribution in [0.2, 0.25) is 0 Å². The van der Waals surface area contributed by atoms with Crippen LogP contribution in [0.1, 0.15) is 66.4 Å². The van der Waals surface area contributed by atoms with Gasteiger partial charge in [-0.15, -0.1) is 0 Å². The zero-order chi connectivity index (χ0) is 32.4. The average molecular weight is 723 g/mol. The Bertz CT molecular complexity index is 1260. The maximum Gasteiger partial charge on any atom is 0.312 e. The SMILES string of the molecule is CC(C)C[C@@H](/C=C\S(C)(=O)=O)NC(=O)[C@H](CC(C)C)NC(=O)[C@H](CC(C)C)NC(=O)Cc1cc(I)c(O)c([N+](=O)[O-])c1. The van der Waals surface area contributed by atoms with Gasteiger partial charge in [0, 0.05) is 23.8 Å². The molecule has 0 radical (unpaired) electrons. The number of sulfone groups is 1. The molecule has 42 heavy (non-hydrogen) atoms. The van der Waals surface area contributed by atoms with Gasteiger partial charge in [0.25, 0.3) is 0 Å². The molecule has 0 spiro atoms. The highest BCUT2D eigenvalue weighted by atomic mass is 127. The van der Waals surface area contributed by atoms with E-state index < -0.39 is 62.0 Å². The maximum atomic E-state index is 13.4. The Morgan fingerprint density at radius 2 is 1.43 bits per heavy atom. The van der Waals surface area contributed by atoms with Crippen LogP contribution in [0.3, 0.4) is 0 Å². The predicted molar refractivity (Wildman–Crippen MR) is 169 cm³/mol. The van der Waals surface area contributed by atoms with Gasteiger partial charge in [-0.2, -0.15) is 0 Å². The summed E-state index contributed by atoms with van der Waals surface area (Å²) in [4.78, 5) is 50.2. The van der Waals surface area contributed by atoms with Crippen LogP contribution in [0.4, 0.5) is 5.69 Å². The Hall–Kier alpha value is -2.75. The summed E-state index contributed by atoms with van der Waals surface area (Å²) >= 11 is 1.74. The summed E-state index contributed by atoms with van der Waals surface area (Å²) in [5, 5.41) is 30.5. The Balaban J connectivity index is 3.14. The lowest BCUT2D eigenvalue weighted by molar-refractivity contribution is -0.386. The molecule has 0 aliphatic rings. The van der Waals surface area contributed by atoms with Crippen LogP contribution >= 0.6 is 22.6 Å². The fourth-order valence-electron chi connectivity index (χ4n) is 4.20. The van der Waals surface area contributed by atoms with E-state index in [0.717, 1.165) is 17.7 Å². The molecule has 4 N–H and O–H groups in total. The van der Waals surface area contributed by atoms with Gasteiger partial charge in [-0.25, -0.2) is 8.42 Å². The third-order valence-corrected chi connectivity index (χ3v) is 7.45. The second-order valence-electron chi connectivity index (χ2n) is 11.7. The Morgan fingerprint density at radius 1 is 0.929 bits per heavy atom. The molecule has 3 atom stereocenters. The summed E-state index contributed by atoms with van der Waals surface area (Å²) < 4.78 is 23.5. The van der Waals surface area contributed by atoms with E-state index in [2.05, 4.69) is 16.0 Å². The summed E-state index contributed by atoms with van der Waals surface area (Å²) in [6, 6.07) is 0.0783. The van der Waals surface area contributed by atoms with Gasteiger partial charge in [-0.3, -0.25) is 24.5 Å². The molecule has 1 aromatic carbocycles. The molecule has 12 nitrogen and oxygen atoms in total. The number of carbonyl (C=O) groups excluding carboxylic acids is 3. The first kappa shape index (κ1) is 37.3. The van der Waals surface area contributed by atoms with Crippen LogP contribution in [0.25, 0.3) is 0 Å². The summed E-state index contributed by atoms with van der Waals surface area (Å²) in [5.41, 5.74) is -0.230. The first-order valence-corrected chi connectivity index (χ1v) is 16.8. The van der Waals surface area contributed by atoms with Crippen LogP contribution < -0.4 is 16.0 Å². The minimum absolute atomic E-state index is 0.00526. The Labute approximate surface area is 261 Å². The molecule has 1 rings (SSSR count). The second kappa shape index (κ2) is 16.8. The van der Waals surface area contributed by atoms with Gasteiger partial charge in [0.05, 0.1) is 14.9 Å². The lowest BCUT2D eigenvalue weighted by Gasteiger charge is -2.27. The molecule has 0 heterocycles. The fourth-order valence-corrected chi connectivity index (χ4v) is 5.36. The summed E-state index contributed by atoms with van der Waals surface area (Å²) in [5.74, 6) is -1.88. The summed E-state index contributed by atoms with van der Waals surface area (Å²) in [6.07, 6.45) is 3.29. The number of amides is 3. The number of rotatable bonds is 16. The van der Waals surface area contributed by atoms with Crippen molar-refractivity contribution in [3.05, 3.63) is 42.9 Å². The number of nitrogens with zero attached hydrogens (tertiary/aromatic N) is 1. The normalized spacial score (nSPS) is 14.2. The van der Waals surface area contributed by atoms with Crippen molar-refractivity contribution < 1.29 is 32.8 Å². The Kier molecular flexibility index (Phi) is 14.9. The molecule has 0 aromatic heterocycles. The van der Waals surface area contributed by atoms with Crippen molar-refractivity contribution in [2.45, 2.75) is 85.4 Å². The molecule has 14 heteroatoms. The molecule has 0 unspecified atom stereocenters. The molecule has 0 saturated carbocycles. The number of benzene rings is 1. The number of hydrogen-bond donors (Lipinski definition) is 4. The minimum atomic E-state index is -3.41. The van der Waals surface area contributed by atoms with E-state index in [9.17, 15) is 38.0 Å². The van der Waals surface area contributed by atoms with Gasteiger partial charge in [0.1, 0.15) is 12.1 Å². The quantitative estimate of drug-likeness (QED) is 0.113. The van der Waals surface area contributed by atoms with Gasteiger partial charge in [-0.1, -0.05) is 47.6 Å². The molecule has 0 aliphatic carbocycles. The number of nitro groups is 1. The van der Waals surface area contributed by atoms with Crippen LogP contribution in [-0.2, 0) is 30.6 Å². The molecule has 3 amide bonds. The lowest BCUT2D eigenvalue weighted by Crippen LogP contribution is -2.55. The number of carbonyl (C=O) groups is 3. The van der Waals surface area contributed by atoms with Gasteiger partial charge in [0.15, 0.2) is 9.84 Å². The maximum absolute atomic E-state index is 13.4. The molecule has 0 bridgehead atoms. The summed E-state index contributed by atoms with van der Waals surface area (Å²) in [6.45, 7) is 11.4. The van der Waals surface area contributed by atoms with Crippen molar-refractivity contribution in [2.75, 3.05) is 6.26 Å². The van der Waals surface area contributed by atoms with E-state index >= 15 is 0 Å². The van der Waals surface area contributed by atoms with E-state index in [1.54, 1.807) is 22.6 Å². The fraction of sp³-hybridized carbons (Fsp3) is 0.607. The smallest absolute Gasteiger partial charge is 0.312 e. The van der Waals surface area contributed by atoms with Crippen LogP contribution in [0, 0.1) is 31.4 Å². The second-order valence-corrected chi connectivity index (χ2v) is 14.8. The molecule has 0 aliphatic heterocycles. The van der Waals surface area contributed by atoms with Crippen LogP contribution in [-0.4, -0.2) is 60.6 Å². The lowest BCUT2D eigenvalue weighted by atomic mass is 9.99. The van der Waals surface area contributed by atoms with Crippen molar-refractivity contribution in [3.63, 3.8) is 0 Å². The van der Waals surface area contributed by atoms with Gasteiger partial charge in [0.2, 0.25) is 23.5 Å². The van der Waals surface area contributed by atoms with E-state index in [1.165, 1.54) is 12.1 Å². The third-order valence-electron chi connectivity index (χ3n) is 5.97. The van der Waals surface area contributed by atoms with Crippen molar-refractivity contribution in [1.82, 2.24) is 16.0 Å². The van der Waals surface area contributed by atoms with E-state index in [4.69, 9.17) is 0 Å².